The minimum atomic E-state index is -4.02. The van der Waals surface area contributed by atoms with Crippen LogP contribution in [0.3, 0.4) is 0 Å². The van der Waals surface area contributed by atoms with E-state index >= 15 is 0 Å². The SMILES string of the molecule is NS(=O)(=O)c1ccc(Cl)c(C(=O)OCC(=O)Nc2ccc(-c3ccccc3)cc2)c1. The van der Waals surface area contributed by atoms with Gasteiger partial charge in [-0.15, -0.1) is 0 Å². The molecule has 0 saturated heterocycles. The van der Waals surface area contributed by atoms with Crippen molar-refractivity contribution >= 4 is 39.2 Å². The van der Waals surface area contributed by atoms with Crippen LogP contribution in [0.1, 0.15) is 10.4 Å². The standard InChI is InChI=1S/C21H17ClN2O5S/c22-19-11-10-17(30(23,27)28)12-18(19)21(26)29-13-20(25)24-16-8-6-15(7-9-16)14-4-2-1-3-5-14/h1-12H,13H2,(H,24,25)(H2,23,27,28). The van der Waals surface area contributed by atoms with Gasteiger partial charge in [-0.3, -0.25) is 4.79 Å². The lowest BCUT2D eigenvalue weighted by molar-refractivity contribution is -0.119. The van der Waals surface area contributed by atoms with E-state index in [0.717, 1.165) is 17.2 Å². The summed E-state index contributed by atoms with van der Waals surface area (Å²) in [5, 5.41) is 7.63. The highest BCUT2D eigenvalue weighted by atomic mass is 35.5. The van der Waals surface area contributed by atoms with E-state index in [-0.39, 0.29) is 15.5 Å². The third-order valence-corrected chi connectivity index (χ3v) is 5.34. The zero-order valence-electron chi connectivity index (χ0n) is 15.5. The maximum Gasteiger partial charge on any atom is 0.340 e. The van der Waals surface area contributed by atoms with Gasteiger partial charge >= 0.3 is 5.97 Å². The zero-order chi connectivity index (χ0) is 21.7. The monoisotopic (exact) mass is 444 g/mol. The summed E-state index contributed by atoms with van der Waals surface area (Å²) in [4.78, 5) is 24.0. The molecule has 0 bridgehead atoms. The predicted molar refractivity (Wildman–Crippen MR) is 114 cm³/mol. The second-order valence-corrected chi connectivity index (χ2v) is 8.22. The van der Waals surface area contributed by atoms with E-state index in [1.54, 1.807) is 12.1 Å². The number of benzene rings is 3. The number of primary sulfonamides is 1. The fraction of sp³-hybridized carbons (Fsp3) is 0.0476. The van der Waals surface area contributed by atoms with E-state index < -0.39 is 28.5 Å². The maximum absolute atomic E-state index is 12.2. The van der Waals surface area contributed by atoms with Crippen molar-refractivity contribution in [1.29, 1.82) is 0 Å². The lowest BCUT2D eigenvalue weighted by Gasteiger charge is -2.09. The van der Waals surface area contributed by atoms with Crippen molar-refractivity contribution < 1.29 is 22.7 Å². The van der Waals surface area contributed by atoms with Crippen molar-refractivity contribution in [2.45, 2.75) is 4.90 Å². The van der Waals surface area contributed by atoms with Crippen LogP contribution in [0.5, 0.6) is 0 Å². The van der Waals surface area contributed by atoms with Crippen LogP contribution in [-0.4, -0.2) is 26.9 Å². The molecule has 0 atom stereocenters. The molecule has 3 aromatic carbocycles. The topological polar surface area (TPSA) is 116 Å². The van der Waals surface area contributed by atoms with Gasteiger partial charge in [-0.25, -0.2) is 18.4 Å². The number of hydrogen-bond acceptors (Lipinski definition) is 5. The summed E-state index contributed by atoms with van der Waals surface area (Å²) in [6.07, 6.45) is 0. The Kier molecular flexibility index (Phi) is 6.51. The second-order valence-electron chi connectivity index (χ2n) is 6.25. The van der Waals surface area contributed by atoms with Gasteiger partial charge in [0.05, 0.1) is 15.5 Å². The molecule has 3 aromatic rings. The molecular formula is C21H17ClN2O5S. The molecule has 0 spiro atoms. The van der Waals surface area contributed by atoms with Crippen molar-refractivity contribution in [1.82, 2.24) is 0 Å². The first kappa shape index (κ1) is 21.5. The number of esters is 1. The van der Waals surface area contributed by atoms with Crippen LogP contribution in [0.2, 0.25) is 5.02 Å². The van der Waals surface area contributed by atoms with Gasteiger partial charge in [-0.05, 0) is 41.5 Å². The Morgan fingerprint density at radius 3 is 2.20 bits per heavy atom. The fourth-order valence-electron chi connectivity index (χ4n) is 2.62. The number of ether oxygens (including phenoxy) is 1. The van der Waals surface area contributed by atoms with Crippen molar-refractivity contribution in [3.8, 4) is 11.1 Å². The average Bonchev–Trinajstić information content (AvgIpc) is 2.72. The highest BCUT2D eigenvalue weighted by Crippen LogP contribution is 2.22. The Morgan fingerprint density at radius 2 is 1.57 bits per heavy atom. The number of amides is 1. The van der Waals surface area contributed by atoms with Crippen LogP contribution in [-0.2, 0) is 19.6 Å². The maximum atomic E-state index is 12.2. The van der Waals surface area contributed by atoms with Gasteiger partial charge in [0.25, 0.3) is 5.91 Å². The van der Waals surface area contributed by atoms with Gasteiger partial charge in [0.15, 0.2) is 6.61 Å². The molecule has 30 heavy (non-hydrogen) atoms. The average molecular weight is 445 g/mol. The second kappa shape index (κ2) is 9.08. The normalized spacial score (nSPS) is 11.0. The number of nitrogens with two attached hydrogens (primary N) is 1. The Hall–Kier alpha value is -3.20. The first-order valence-corrected chi connectivity index (χ1v) is 10.6. The summed E-state index contributed by atoms with van der Waals surface area (Å²) in [5.41, 5.74) is 2.36. The van der Waals surface area contributed by atoms with Crippen molar-refractivity contribution in [3.05, 3.63) is 83.4 Å². The van der Waals surface area contributed by atoms with Gasteiger partial charge in [-0.1, -0.05) is 54.1 Å². The third kappa shape index (κ3) is 5.44. The number of rotatable bonds is 6. The van der Waals surface area contributed by atoms with Gasteiger partial charge in [0.1, 0.15) is 0 Å². The van der Waals surface area contributed by atoms with Crippen LogP contribution in [0, 0.1) is 0 Å². The number of halogens is 1. The van der Waals surface area contributed by atoms with E-state index in [0.29, 0.717) is 5.69 Å². The third-order valence-electron chi connectivity index (χ3n) is 4.10. The molecule has 3 N–H and O–H groups in total. The highest BCUT2D eigenvalue weighted by Gasteiger charge is 2.18. The van der Waals surface area contributed by atoms with Crippen LogP contribution in [0.4, 0.5) is 5.69 Å². The van der Waals surface area contributed by atoms with E-state index in [1.165, 1.54) is 12.1 Å². The molecule has 0 fully saturated rings. The van der Waals surface area contributed by atoms with Crippen molar-refractivity contribution in [2.75, 3.05) is 11.9 Å². The van der Waals surface area contributed by atoms with Crippen LogP contribution in [0.15, 0.2) is 77.7 Å². The molecule has 0 aliphatic carbocycles. The number of carbonyl (C=O) groups excluding carboxylic acids is 2. The van der Waals surface area contributed by atoms with E-state index in [9.17, 15) is 18.0 Å². The summed E-state index contributed by atoms with van der Waals surface area (Å²) < 4.78 is 27.8. The highest BCUT2D eigenvalue weighted by molar-refractivity contribution is 7.89. The number of hydrogen-bond donors (Lipinski definition) is 2. The number of nitrogens with one attached hydrogen (secondary N) is 1. The Balaban J connectivity index is 1.60. The number of sulfonamides is 1. The molecule has 1 amide bonds. The van der Waals surface area contributed by atoms with Gasteiger partial charge < -0.3 is 10.1 Å². The van der Waals surface area contributed by atoms with Gasteiger partial charge in [0.2, 0.25) is 10.0 Å². The number of anilines is 1. The molecule has 154 valence electrons. The Bertz CT molecular complexity index is 1180. The largest absolute Gasteiger partial charge is 0.452 e. The van der Waals surface area contributed by atoms with Crippen molar-refractivity contribution in [2.24, 2.45) is 5.14 Å². The molecular weight excluding hydrogens is 428 g/mol. The summed E-state index contributed by atoms with van der Waals surface area (Å²) in [6, 6.07) is 20.3. The zero-order valence-corrected chi connectivity index (χ0v) is 17.1. The molecule has 7 nitrogen and oxygen atoms in total. The Morgan fingerprint density at radius 1 is 0.933 bits per heavy atom. The molecule has 0 unspecified atom stereocenters. The first-order valence-electron chi connectivity index (χ1n) is 8.69. The van der Waals surface area contributed by atoms with E-state index in [2.05, 4.69) is 5.32 Å². The van der Waals surface area contributed by atoms with E-state index in [1.807, 2.05) is 42.5 Å². The van der Waals surface area contributed by atoms with Crippen LogP contribution >= 0.6 is 11.6 Å². The molecule has 3 rings (SSSR count). The van der Waals surface area contributed by atoms with Crippen LogP contribution in [0.25, 0.3) is 11.1 Å². The first-order chi connectivity index (χ1) is 14.2. The predicted octanol–water partition coefficient (Wildman–Crippen LogP) is 3.45. The van der Waals surface area contributed by atoms with Crippen molar-refractivity contribution in [3.63, 3.8) is 0 Å². The molecule has 0 heterocycles. The number of carbonyl (C=O) groups is 2. The summed E-state index contributed by atoms with van der Waals surface area (Å²) in [6.45, 7) is -0.574. The smallest absolute Gasteiger partial charge is 0.340 e. The molecule has 0 aliphatic heterocycles. The fourth-order valence-corrected chi connectivity index (χ4v) is 3.35. The lowest BCUT2D eigenvalue weighted by atomic mass is 10.1. The van der Waals surface area contributed by atoms with Gasteiger partial charge in [0, 0.05) is 5.69 Å². The van der Waals surface area contributed by atoms with E-state index in [4.69, 9.17) is 21.5 Å². The minimum Gasteiger partial charge on any atom is -0.452 e. The summed E-state index contributed by atoms with van der Waals surface area (Å²) in [7, 11) is -4.02. The molecule has 0 saturated carbocycles. The lowest BCUT2D eigenvalue weighted by Crippen LogP contribution is -2.21. The summed E-state index contributed by atoms with van der Waals surface area (Å²) in [5.74, 6) is -1.50. The molecule has 9 heteroatoms. The molecule has 0 aromatic heterocycles. The molecule has 0 aliphatic rings. The van der Waals surface area contributed by atoms with Gasteiger partial charge in [-0.2, -0.15) is 0 Å². The summed E-state index contributed by atoms with van der Waals surface area (Å²) >= 11 is 5.91. The van der Waals surface area contributed by atoms with Crippen LogP contribution < -0.4 is 10.5 Å². The quantitative estimate of drug-likeness (QED) is 0.565. The minimum absolute atomic E-state index is 0.0238. The Labute approximate surface area is 178 Å². The molecule has 0 radical (unpaired) electrons.